The lowest BCUT2D eigenvalue weighted by molar-refractivity contribution is -0.119. The monoisotopic (exact) mass is 184 g/mol. The van der Waals surface area contributed by atoms with Gasteiger partial charge in [0.2, 0.25) is 5.91 Å². The van der Waals surface area contributed by atoms with Crippen LogP contribution >= 0.6 is 0 Å². The summed E-state index contributed by atoms with van der Waals surface area (Å²) in [5, 5.41) is 6.24. The van der Waals surface area contributed by atoms with Crippen molar-refractivity contribution < 1.29 is 9.63 Å². The third-order valence-corrected chi connectivity index (χ3v) is 1.37. The van der Waals surface area contributed by atoms with Crippen molar-refractivity contribution in [1.29, 1.82) is 0 Å². The van der Waals surface area contributed by atoms with Gasteiger partial charge in [-0.15, -0.1) is 0 Å². The Morgan fingerprint density at radius 2 is 2.31 bits per heavy atom. The third kappa shape index (κ3) is 5.90. The molecule has 0 spiro atoms. The fourth-order valence-corrected chi connectivity index (χ4v) is 0.746. The first-order valence-corrected chi connectivity index (χ1v) is 4.21. The van der Waals surface area contributed by atoms with E-state index in [1.54, 1.807) is 13.1 Å². The van der Waals surface area contributed by atoms with E-state index in [-0.39, 0.29) is 12.3 Å². The highest BCUT2D eigenvalue weighted by Gasteiger charge is 2.02. The zero-order chi connectivity index (χ0) is 10.1. The quantitative estimate of drug-likeness (QED) is 0.513. The van der Waals surface area contributed by atoms with E-state index < -0.39 is 0 Å². The van der Waals surface area contributed by atoms with Gasteiger partial charge in [-0.2, -0.15) is 0 Å². The number of allylic oxidation sites excluding steroid dienone is 2. The predicted molar refractivity (Wildman–Crippen MR) is 52.6 cm³/mol. The Morgan fingerprint density at radius 1 is 1.62 bits per heavy atom. The molecule has 0 atom stereocenters. The van der Waals surface area contributed by atoms with Gasteiger partial charge in [-0.25, -0.2) is 0 Å². The Labute approximate surface area is 78.6 Å². The normalized spacial score (nSPS) is 11.8. The molecule has 74 valence electrons. The average Bonchev–Trinajstić information content (AvgIpc) is 2.14. The van der Waals surface area contributed by atoms with Gasteiger partial charge in [0.15, 0.2) is 0 Å². The number of hydrogen-bond donors (Lipinski definition) is 1. The summed E-state index contributed by atoms with van der Waals surface area (Å²) in [6, 6.07) is 0. The zero-order valence-corrected chi connectivity index (χ0v) is 8.33. The lowest BCUT2D eigenvalue weighted by atomic mass is 10.2. The molecule has 0 unspecified atom stereocenters. The summed E-state index contributed by atoms with van der Waals surface area (Å²) in [7, 11) is 3.06. The van der Waals surface area contributed by atoms with Crippen molar-refractivity contribution in [2.24, 2.45) is 5.16 Å². The number of amides is 1. The van der Waals surface area contributed by atoms with Crippen LogP contribution in [0.2, 0.25) is 0 Å². The Balaban J connectivity index is 4.18. The van der Waals surface area contributed by atoms with Gasteiger partial charge in [-0.05, 0) is 12.5 Å². The molecular weight excluding hydrogens is 168 g/mol. The molecule has 1 N–H and O–H groups in total. The Bertz CT molecular complexity index is 210. The van der Waals surface area contributed by atoms with Crippen LogP contribution in [0.25, 0.3) is 0 Å². The summed E-state index contributed by atoms with van der Waals surface area (Å²) < 4.78 is 0. The number of hydrogen-bond acceptors (Lipinski definition) is 3. The molecule has 0 aliphatic rings. The Morgan fingerprint density at radius 3 is 2.77 bits per heavy atom. The second-order valence-corrected chi connectivity index (χ2v) is 2.43. The minimum Gasteiger partial charge on any atom is -0.399 e. The first kappa shape index (κ1) is 11.7. The summed E-state index contributed by atoms with van der Waals surface area (Å²) in [6.07, 6.45) is 4.89. The van der Waals surface area contributed by atoms with Crippen molar-refractivity contribution in [3.63, 3.8) is 0 Å². The molecule has 0 aromatic rings. The fraction of sp³-hybridized carbons (Fsp3) is 0.556. The minimum absolute atomic E-state index is 0.0726. The highest BCUT2D eigenvalue weighted by molar-refractivity contribution is 6.06. The fourth-order valence-electron chi connectivity index (χ4n) is 0.746. The van der Waals surface area contributed by atoms with E-state index >= 15 is 0 Å². The zero-order valence-electron chi connectivity index (χ0n) is 8.33. The summed E-state index contributed by atoms with van der Waals surface area (Å²) >= 11 is 0. The van der Waals surface area contributed by atoms with Crippen LogP contribution in [0, 0.1) is 0 Å². The van der Waals surface area contributed by atoms with Crippen molar-refractivity contribution in [1.82, 2.24) is 5.32 Å². The smallest absolute Gasteiger partial charge is 0.225 e. The standard InChI is InChI=1S/C9H16N2O2/c1-4-5-6-8(11-13-3)7-9(12)10-2/h5-6H,4,7H2,1-3H3,(H,10,12)/b6-5-,11-8-. The van der Waals surface area contributed by atoms with E-state index in [1.165, 1.54) is 7.11 Å². The summed E-state index contributed by atoms with van der Waals surface area (Å²) in [5.41, 5.74) is 0.628. The van der Waals surface area contributed by atoms with Crippen LogP contribution in [-0.2, 0) is 9.63 Å². The van der Waals surface area contributed by atoms with Crippen LogP contribution in [-0.4, -0.2) is 25.8 Å². The van der Waals surface area contributed by atoms with E-state index in [2.05, 4.69) is 15.3 Å². The minimum atomic E-state index is -0.0726. The van der Waals surface area contributed by atoms with E-state index in [1.807, 2.05) is 13.0 Å². The van der Waals surface area contributed by atoms with Gasteiger partial charge < -0.3 is 10.2 Å². The molecule has 0 aliphatic heterocycles. The van der Waals surface area contributed by atoms with Crippen LogP contribution < -0.4 is 5.32 Å². The molecule has 1 amide bonds. The molecule has 0 radical (unpaired) electrons. The lowest BCUT2D eigenvalue weighted by Gasteiger charge is -1.99. The molecule has 0 rings (SSSR count). The van der Waals surface area contributed by atoms with Crippen molar-refractivity contribution >= 4 is 11.6 Å². The number of rotatable bonds is 5. The largest absolute Gasteiger partial charge is 0.399 e. The molecule has 0 aromatic carbocycles. The van der Waals surface area contributed by atoms with Crippen LogP contribution in [0.15, 0.2) is 17.3 Å². The van der Waals surface area contributed by atoms with Crippen molar-refractivity contribution in [3.05, 3.63) is 12.2 Å². The van der Waals surface area contributed by atoms with Crippen molar-refractivity contribution in [3.8, 4) is 0 Å². The number of oxime groups is 1. The van der Waals surface area contributed by atoms with E-state index in [0.29, 0.717) is 5.71 Å². The number of carbonyl (C=O) groups is 1. The van der Waals surface area contributed by atoms with E-state index in [9.17, 15) is 4.79 Å². The maximum absolute atomic E-state index is 11.0. The van der Waals surface area contributed by atoms with Gasteiger partial charge in [0, 0.05) is 7.05 Å². The highest BCUT2D eigenvalue weighted by atomic mass is 16.6. The first-order valence-electron chi connectivity index (χ1n) is 4.21. The van der Waals surface area contributed by atoms with Gasteiger partial charge in [0.05, 0.1) is 12.1 Å². The molecule has 4 heteroatoms. The maximum atomic E-state index is 11.0. The van der Waals surface area contributed by atoms with Gasteiger partial charge >= 0.3 is 0 Å². The highest BCUT2D eigenvalue weighted by Crippen LogP contribution is 1.92. The molecule has 0 bridgehead atoms. The molecule has 0 fully saturated rings. The van der Waals surface area contributed by atoms with E-state index in [4.69, 9.17) is 0 Å². The summed E-state index contributed by atoms with van der Waals surface area (Å²) in [5.74, 6) is -0.0726. The molecule has 4 nitrogen and oxygen atoms in total. The van der Waals surface area contributed by atoms with Crippen molar-refractivity contribution in [2.45, 2.75) is 19.8 Å². The van der Waals surface area contributed by atoms with Gasteiger partial charge in [0.1, 0.15) is 7.11 Å². The number of nitrogens with zero attached hydrogens (tertiary/aromatic N) is 1. The molecule has 13 heavy (non-hydrogen) atoms. The van der Waals surface area contributed by atoms with Crippen molar-refractivity contribution in [2.75, 3.05) is 14.2 Å². The molecule has 0 heterocycles. The predicted octanol–water partition coefficient (Wildman–Crippen LogP) is 1.09. The van der Waals surface area contributed by atoms with E-state index in [0.717, 1.165) is 6.42 Å². The SMILES string of the molecule is CC/C=C\C(CC(=O)NC)=N\OC. The van der Waals surface area contributed by atoms with Crippen LogP contribution in [0.4, 0.5) is 0 Å². The Kier molecular flexibility index (Phi) is 6.59. The summed E-state index contributed by atoms with van der Waals surface area (Å²) in [4.78, 5) is 15.6. The second kappa shape index (κ2) is 7.34. The number of nitrogens with one attached hydrogen (secondary N) is 1. The topological polar surface area (TPSA) is 50.7 Å². The van der Waals surface area contributed by atoms with Crippen LogP contribution in [0.5, 0.6) is 0 Å². The molecule has 0 aliphatic carbocycles. The Hall–Kier alpha value is -1.32. The summed E-state index contributed by atoms with van der Waals surface area (Å²) in [6.45, 7) is 2.01. The second-order valence-electron chi connectivity index (χ2n) is 2.43. The maximum Gasteiger partial charge on any atom is 0.225 e. The first-order chi connectivity index (χ1) is 6.24. The lowest BCUT2D eigenvalue weighted by Crippen LogP contribution is -2.20. The van der Waals surface area contributed by atoms with Gasteiger partial charge in [0.25, 0.3) is 0 Å². The molecule has 0 saturated carbocycles. The molecule has 0 saturated heterocycles. The van der Waals surface area contributed by atoms with Crippen LogP contribution in [0.1, 0.15) is 19.8 Å². The van der Waals surface area contributed by atoms with Gasteiger partial charge in [-0.3, -0.25) is 4.79 Å². The van der Waals surface area contributed by atoms with Crippen LogP contribution in [0.3, 0.4) is 0 Å². The van der Waals surface area contributed by atoms with Gasteiger partial charge in [-0.1, -0.05) is 18.2 Å². The number of carbonyl (C=O) groups excluding carboxylic acids is 1. The third-order valence-electron chi connectivity index (χ3n) is 1.37. The molecule has 0 aromatic heterocycles. The average molecular weight is 184 g/mol. The molecular formula is C9H16N2O2.